The molecule has 5 nitrogen and oxygen atoms in total. The van der Waals surface area contributed by atoms with Gasteiger partial charge in [-0.25, -0.2) is 4.39 Å². The van der Waals surface area contributed by atoms with E-state index in [1.54, 1.807) is 12.1 Å². The monoisotopic (exact) mass is 398 g/mol. The molecule has 1 heterocycles. The lowest BCUT2D eigenvalue weighted by atomic mass is 10.1. The van der Waals surface area contributed by atoms with Gasteiger partial charge in [0, 0.05) is 13.5 Å². The summed E-state index contributed by atoms with van der Waals surface area (Å²) in [5.74, 6) is 0.454. The molecule has 0 spiro atoms. The zero-order valence-corrected chi connectivity index (χ0v) is 16.9. The van der Waals surface area contributed by atoms with Crippen LogP contribution in [0.4, 0.5) is 4.39 Å². The summed E-state index contributed by atoms with van der Waals surface area (Å²) in [6.07, 6.45) is 0.688. The number of benzene rings is 2. The van der Waals surface area contributed by atoms with Gasteiger partial charge in [0.25, 0.3) is 0 Å². The topological polar surface area (TPSA) is 59.8 Å². The minimum absolute atomic E-state index is 0.102. The smallest absolute Gasteiger partial charge is 0.233 e. The van der Waals surface area contributed by atoms with Gasteiger partial charge in [-0.15, -0.1) is 10.2 Å². The number of carbonyl (C=O) groups excluding carboxylic acids is 1. The SMILES string of the molecule is C[C@H](Sc1nnc(Cc2ccccc2)n1C)C(=O)N[C@H](C)c1ccc(F)cc1. The third kappa shape index (κ3) is 4.98. The number of carbonyl (C=O) groups is 1. The molecule has 1 N–H and O–H groups in total. The first kappa shape index (κ1) is 20.1. The summed E-state index contributed by atoms with van der Waals surface area (Å²) in [5.41, 5.74) is 2.02. The van der Waals surface area contributed by atoms with Crippen molar-refractivity contribution in [2.45, 2.75) is 36.7 Å². The molecule has 1 aromatic heterocycles. The van der Waals surface area contributed by atoms with Crippen LogP contribution in [0.15, 0.2) is 59.8 Å². The Kier molecular flexibility index (Phi) is 6.46. The summed E-state index contributed by atoms with van der Waals surface area (Å²) in [6.45, 7) is 3.71. The van der Waals surface area contributed by atoms with E-state index in [1.807, 2.05) is 43.7 Å². The second-order valence-electron chi connectivity index (χ2n) is 6.66. The van der Waals surface area contributed by atoms with Gasteiger partial charge >= 0.3 is 0 Å². The van der Waals surface area contributed by atoms with E-state index < -0.39 is 0 Å². The molecule has 0 radical (unpaired) electrons. The third-order valence-electron chi connectivity index (χ3n) is 4.51. The molecular formula is C21H23FN4OS. The molecule has 0 aliphatic carbocycles. The maximum absolute atomic E-state index is 13.1. The van der Waals surface area contributed by atoms with Crippen LogP contribution in [0, 0.1) is 5.82 Å². The predicted molar refractivity (Wildman–Crippen MR) is 109 cm³/mol. The van der Waals surface area contributed by atoms with E-state index >= 15 is 0 Å². The number of hydrogen-bond acceptors (Lipinski definition) is 4. The van der Waals surface area contributed by atoms with Crippen molar-refractivity contribution in [1.82, 2.24) is 20.1 Å². The van der Waals surface area contributed by atoms with E-state index in [1.165, 1.54) is 23.9 Å². The van der Waals surface area contributed by atoms with Crippen LogP contribution in [0.5, 0.6) is 0 Å². The Balaban J connectivity index is 1.60. The van der Waals surface area contributed by atoms with E-state index in [2.05, 4.69) is 27.6 Å². The van der Waals surface area contributed by atoms with E-state index in [-0.39, 0.29) is 23.0 Å². The summed E-state index contributed by atoms with van der Waals surface area (Å²) in [5, 5.41) is 11.8. The summed E-state index contributed by atoms with van der Waals surface area (Å²) >= 11 is 1.37. The number of rotatable bonds is 7. The second kappa shape index (κ2) is 9.01. The van der Waals surface area contributed by atoms with Crippen molar-refractivity contribution in [2.75, 3.05) is 0 Å². The number of nitrogens with one attached hydrogen (secondary N) is 1. The van der Waals surface area contributed by atoms with Gasteiger partial charge in [-0.05, 0) is 37.1 Å². The van der Waals surface area contributed by atoms with Crippen molar-refractivity contribution in [3.8, 4) is 0 Å². The molecule has 0 unspecified atom stereocenters. The highest BCUT2D eigenvalue weighted by Crippen LogP contribution is 2.23. The standard InChI is InChI=1S/C21H23FN4OS/c1-14(17-9-11-18(22)12-10-17)23-20(27)15(2)28-21-25-24-19(26(21)3)13-16-7-5-4-6-8-16/h4-12,14-15H,13H2,1-3H3,(H,23,27)/t14-,15+/m1/s1. The lowest BCUT2D eigenvalue weighted by Gasteiger charge is -2.17. The lowest BCUT2D eigenvalue weighted by molar-refractivity contribution is -0.120. The Labute approximate surface area is 168 Å². The molecule has 0 aliphatic heterocycles. The van der Waals surface area contributed by atoms with Gasteiger partial charge in [-0.1, -0.05) is 54.2 Å². The predicted octanol–water partition coefficient (Wildman–Crippen LogP) is 3.90. The Morgan fingerprint density at radius 1 is 1.11 bits per heavy atom. The van der Waals surface area contributed by atoms with E-state index in [0.29, 0.717) is 11.6 Å². The minimum atomic E-state index is -0.338. The van der Waals surface area contributed by atoms with Crippen LogP contribution in [0.1, 0.15) is 36.8 Å². The molecule has 3 rings (SSSR count). The molecule has 0 saturated carbocycles. The first-order valence-electron chi connectivity index (χ1n) is 9.08. The Morgan fingerprint density at radius 2 is 1.79 bits per heavy atom. The van der Waals surface area contributed by atoms with Crippen LogP contribution in [0.2, 0.25) is 0 Å². The molecule has 2 atom stereocenters. The number of thioether (sulfide) groups is 1. The molecule has 0 fully saturated rings. The zero-order chi connectivity index (χ0) is 20.1. The molecule has 3 aromatic rings. The summed E-state index contributed by atoms with van der Waals surface area (Å²) in [4.78, 5) is 12.5. The fourth-order valence-electron chi connectivity index (χ4n) is 2.76. The number of amides is 1. The van der Waals surface area contributed by atoms with Crippen LogP contribution >= 0.6 is 11.8 Å². The Hall–Kier alpha value is -2.67. The summed E-state index contributed by atoms with van der Waals surface area (Å²) < 4.78 is 15.0. The second-order valence-corrected chi connectivity index (χ2v) is 7.97. The molecule has 7 heteroatoms. The molecule has 28 heavy (non-hydrogen) atoms. The molecule has 0 aliphatic rings. The van der Waals surface area contributed by atoms with Crippen molar-refractivity contribution >= 4 is 17.7 Å². The highest BCUT2D eigenvalue weighted by atomic mass is 32.2. The quantitative estimate of drug-likeness (QED) is 0.613. The van der Waals surface area contributed by atoms with E-state index in [4.69, 9.17) is 0 Å². The fourth-order valence-corrected chi connectivity index (χ4v) is 3.60. The zero-order valence-electron chi connectivity index (χ0n) is 16.1. The van der Waals surface area contributed by atoms with Crippen LogP contribution in [-0.2, 0) is 18.3 Å². The van der Waals surface area contributed by atoms with Gasteiger partial charge in [0.2, 0.25) is 5.91 Å². The first-order valence-corrected chi connectivity index (χ1v) is 9.96. The highest BCUT2D eigenvalue weighted by molar-refractivity contribution is 8.00. The number of hydrogen-bond donors (Lipinski definition) is 1. The molecule has 1 amide bonds. The molecule has 0 saturated heterocycles. The largest absolute Gasteiger partial charge is 0.349 e. The molecule has 2 aromatic carbocycles. The van der Waals surface area contributed by atoms with Crippen molar-refractivity contribution in [1.29, 1.82) is 0 Å². The normalized spacial score (nSPS) is 13.1. The third-order valence-corrected chi connectivity index (χ3v) is 5.64. The van der Waals surface area contributed by atoms with E-state index in [0.717, 1.165) is 17.0 Å². The number of aromatic nitrogens is 3. The van der Waals surface area contributed by atoms with Gasteiger partial charge < -0.3 is 9.88 Å². The van der Waals surface area contributed by atoms with Crippen molar-refractivity contribution < 1.29 is 9.18 Å². The maximum Gasteiger partial charge on any atom is 0.233 e. The molecule has 0 bridgehead atoms. The van der Waals surface area contributed by atoms with E-state index in [9.17, 15) is 9.18 Å². The fraction of sp³-hybridized carbons (Fsp3) is 0.286. The first-order chi connectivity index (χ1) is 13.4. The lowest BCUT2D eigenvalue weighted by Crippen LogP contribution is -2.33. The molecular weight excluding hydrogens is 375 g/mol. The average Bonchev–Trinajstić information content (AvgIpc) is 3.02. The molecule has 146 valence electrons. The highest BCUT2D eigenvalue weighted by Gasteiger charge is 2.20. The van der Waals surface area contributed by atoms with Gasteiger partial charge in [0.05, 0.1) is 11.3 Å². The Bertz CT molecular complexity index is 927. The van der Waals surface area contributed by atoms with Crippen molar-refractivity contribution in [3.05, 3.63) is 77.4 Å². The van der Waals surface area contributed by atoms with Crippen LogP contribution in [0.3, 0.4) is 0 Å². The van der Waals surface area contributed by atoms with Crippen LogP contribution < -0.4 is 5.32 Å². The number of halogens is 1. The van der Waals surface area contributed by atoms with Gasteiger partial charge in [0.15, 0.2) is 5.16 Å². The van der Waals surface area contributed by atoms with Crippen molar-refractivity contribution in [3.63, 3.8) is 0 Å². The number of nitrogens with zero attached hydrogens (tertiary/aromatic N) is 3. The van der Waals surface area contributed by atoms with Gasteiger partial charge in [0.1, 0.15) is 11.6 Å². The summed E-state index contributed by atoms with van der Waals surface area (Å²) in [7, 11) is 1.91. The van der Waals surface area contributed by atoms with Gasteiger partial charge in [-0.3, -0.25) is 4.79 Å². The van der Waals surface area contributed by atoms with Gasteiger partial charge in [-0.2, -0.15) is 0 Å². The average molecular weight is 399 g/mol. The minimum Gasteiger partial charge on any atom is -0.349 e. The Morgan fingerprint density at radius 3 is 2.46 bits per heavy atom. The maximum atomic E-state index is 13.1. The summed E-state index contributed by atoms with van der Waals surface area (Å²) in [6, 6.07) is 16.0. The van der Waals surface area contributed by atoms with Crippen molar-refractivity contribution in [2.24, 2.45) is 7.05 Å². The van der Waals surface area contributed by atoms with Crippen LogP contribution in [-0.4, -0.2) is 25.9 Å². The van der Waals surface area contributed by atoms with Crippen LogP contribution in [0.25, 0.3) is 0 Å².